The van der Waals surface area contributed by atoms with Crippen molar-refractivity contribution in [1.82, 2.24) is 5.32 Å². The third-order valence-electron chi connectivity index (χ3n) is 4.06. The van der Waals surface area contributed by atoms with Crippen molar-refractivity contribution in [3.63, 3.8) is 0 Å². The van der Waals surface area contributed by atoms with Crippen LogP contribution in [0.15, 0.2) is 42.5 Å². The molecule has 0 spiro atoms. The predicted molar refractivity (Wildman–Crippen MR) is 89.5 cm³/mol. The fraction of sp³-hybridized carbons (Fsp3) is 0.333. The van der Waals surface area contributed by atoms with Crippen LogP contribution in [-0.2, 0) is 6.42 Å². The molecule has 2 aromatic carbocycles. The molecule has 3 rings (SSSR count). The van der Waals surface area contributed by atoms with Crippen molar-refractivity contribution in [3.8, 4) is 11.1 Å². The maximum absolute atomic E-state index is 3.44. The minimum atomic E-state index is 0.453. The van der Waals surface area contributed by atoms with Crippen LogP contribution in [0.5, 0.6) is 0 Å². The molecule has 1 nitrogen and oxygen atoms in total. The van der Waals surface area contributed by atoms with Gasteiger partial charge < -0.3 is 5.32 Å². The molecule has 0 bridgehead atoms. The zero-order valence-corrected chi connectivity index (χ0v) is 13.0. The van der Waals surface area contributed by atoms with Gasteiger partial charge in [-0.3, -0.25) is 0 Å². The minimum absolute atomic E-state index is 0.453. The monoisotopic (exact) mass is 283 g/mol. The number of nitrogens with one attached hydrogen (secondary N) is 1. The van der Waals surface area contributed by atoms with Gasteiger partial charge in [0.05, 0.1) is 0 Å². The molecular formula is C18H21NS. The van der Waals surface area contributed by atoms with Crippen molar-refractivity contribution >= 4 is 11.8 Å². The normalized spacial score (nSPS) is 13.9. The standard InChI is InChI=1S/C18H21NS/c1-3-20-12-18(19-2)14-8-9-17-15(11-14)10-13-6-4-5-7-16(13)17/h4-9,11,18-19H,3,10,12H2,1-2H3. The zero-order valence-electron chi connectivity index (χ0n) is 12.1. The van der Waals surface area contributed by atoms with E-state index in [9.17, 15) is 0 Å². The van der Waals surface area contributed by atoms with Crippen LogP contribution in [0.25, 0.3) is 11.1 Å². The number of fused-ring (bicyclic) bond motifs is 3. The van der Waals surface area contributed by atoms with Gasteiger partial charge in [0.1, 0.15) is 0 Å². The summed E-state index contributed by atoms with van der Waals surface area (Å²) >= 11 is 1.99. The Morgan fingerprint density at radius 2 is 1.90 bits per heavy atom. The molecule has 0 heterocycles. The quantitative estimate of drug-likeness (QED) is 0.750. The predicted octanol–water partition coefficient (Wildman–Crippen LogP) is 4.27. The smallest absolute Gasteiger partial charge is 0.0409 e. The first kappa shape index (κ1) is 13.7. The molecule has 104 valence electrons. The van der Waals surface area contributed by atoms with Crippen LogP contribution in [0, 0.1) is 0 Å². The van der Waals surface area contributed by atoms with Crippen molar-refractivity contribution < 1.29 is 0 Å². The number of hydrogen-bond acceptors (Lipinski definition) is 2. The largest absolute Gasteiger partial charge is 0.312 e. The fourth-order valence-electron chi connectivity index (χ4n) is 2.96. The third kappa shape index (κ3) is 2.50. The molecule has 0 aliphatic heterocycles. The Kier molecular flexibility index (Phi) is 4.13. The first-order valence-corrected chi connectivity index (χ1v) is 8.45. The highest BCUT2D eigenvalue weighted by molar-refractivity contribution is 7.99. The van der Waals surface area contributed by atoms with Crippen LogP contribution < -0.4 is 5.32 Å². The van der Waals surface area contributed by atoms with E-state index >= 15 is 0 Å². The highest BCUT2D eigenvalue weighted by Crippen LogP contribution is 2.37. The van der Waals surface area contributed by atoms with Crippen molar-refractivity contribution in [1.29, 1.82) is 0 Å². The molecule has 20 heavy (non-hydrogen) atoms. The lowest BCUT2D eigenvalue weighted by molar-refractivity contribution is 0.661. The lowest BCUT2D eigenvalue weighted by Gasteiger charge is -2.17. The Bertz CT molecular complexity index is 606. The molecule has 0 radical (unpaired) electrons. The van der Waals surface area contributed by atoms with Gasteiger partial charge in [-0.1, -0.05) is 49.4 Å². The molecule has 1 aliphatic rings. The van der Waals surface area contributed by atoms with Crippen LogP contribution in [0.4, 0.5) is 0 Å². The summed E-state index contributed by atoms with van der Waals surface area (Å²) in [5.74, 6) is 2.31. The molecular weight excluding hydrogens is 262 g/mol. The Labute approximate surface area is 125 Å². The lowest BCUT2D eigenvalue weighted by Crippen LogP contribution is -2.19. The average molecular weight is 283 g/mol. The van der Waals surface area contributed by atoms with Crippen LogP contribution in [0.3, 0.4) is 0 Å². The Balaban J connectivity index is 1.90. The first-order chi connectivity index (χ1) is 9.83. The maximum Gasteiger partial charge on any atom is 0.0409 e. The molecule has 1 atom stereocenters. The summed E-state index contributed by atoms with van der Waals surface area (Å²) in [5.41, 5.74) is 7.19. The lowest BCUT2D eigenvalue weighted by atomic mass is 10.0. The molecule has 2 heteroatoms. The summed E-state index contributed by atoms with van der Waals surface area (Å²) < 4.78 is 0. The van der Waals surface area contributed by atoms with Gasteiger partial charge in [0.25, 0.3) is 0 Å². The number of rotatable bonds is 5. The molecule has 2 aromatic rings. The van der Waals surface area contributed by atoms with Gasteiger partial charge in [0.15, 0.2) is 0 Å². The second kappa shape index (κ2) is 6.02. The zero-order chi connectivity index (χ0) is 13.9. The molecule has 1 N–H and O–H groups in total. The number of hydrogen-bond donors (Lipinski definition) is 1. The summed E-state index contributed by atoms with van der Waals surface area (Å²) in [4.78, 5) is 0. The van der Waals surface area contributed by atoms with E-state index in [1.807, 2.05) is 11.8 Å². The van der Waals surface area contributed by atoms with E-state index in [1.54, 1.807) is 0 Å². The molecule has 1 aliphatic carbocycles. The highest BCUT2D eigenvalue weighted by atomic mass is 32.2. The van der Waals surface area contributed by atoms with Crippen LogP contribution in [-0.4, -0.2) is 18.6 Å². The molecule has 0 saturated carbocycles. The molecule has 0 saturated heterocycles. The summed E-state index contributed by atoms with van der Waals surface area (Å²) in [6.07, 6.45) is 1.08. The van der Waals surface area contributed by atoms with Gasteiger partial charge in [0.2, 0.25) is 0 Å². The topological polar surface area (TPSA) is 12.0 Å². The van der Waals surface area contributed by atoms with E-state index in [2.05, 4.69) is 61.8 Å². The van der Waals surface area contributed by atoms with Crippen molar-refractivity contribution in [2.24, 2.45) is 0 Å². The fourth-order valence-corrected chi connectivity index (χ4v) is 3.79. The molecule has 0 aromatic heterocycles. The second-order valence-corrected chi connectivity index (χ2v) is 6.57. The van der Waals surface area contributed by atoms with E-state index in [1.165, 1.54) is 33.6 Å². The van der Waals surface area contributed by atoms with Crippen LogP contribution in [0.1, 0.15) is 29.7 Å². The summed E-state index contributed by atoms with van der Waals surface area (Å²) in [7, 11) is 2.06. The van der Waals surface area contributed by atoms with Gasteiger partial charge in [0, 0.05) is 11.8 Å². The van der Waals surface area contributed by atoms with Crippen molar-refractivity contribution in [2.45, 2.75) is 19.4 Å². The van der Waals surface area contributed by atoms with E-state index in [-0.39, 0.29) is 0 Å². The second-order valence-electron chi connectivity index (χ2n) is 5.25. The third-order valence-corrected chi connectivity index (χ3v) is 5.03. The average Bonchev–Trinajstić information content (AvgIpc) is 2.86. The van der Waals surface area contributed by atoms with E-state index in [0.29, 0.717) is 6.04 Å². The van der Waals surface area contributed by atoms with Crippen molar-refractivity contribution in [2.75, 3.05) is 18.6 Å². The Morgan fingerprint density at radius 1 is 1.10 bits per heavy atom. The van der Waals surface area contributed by atoms with E-state index < -0.39 is 0 Å². The van der Waals surface area contributed by atoms with Crippen molar-refractivity contribution in [3.05, 3.63) is 59.2 Å². The van der Waals surface area contributed by atoms with E-state index in [0.717, 1.165) is 12.2 Å². The molecule has 1 unspecified atom stereocenters. The van der Waals surface area contributed by atoms with E-state index in [4.69, 9.17) is 0 Å². The minimum Gasteiger partial charge on any atom is -0.312 e. The summed E-state index contributed by atoms with van der Waals surface area (Å²) in [5, 5.41) is 3.44. The number of benzene rings is 2. The molecule has 0 amide bonds. The summed E-state index contributed by atoms with van der Waals surface area (Å²) in [6.45, 7) is 2.22. The van der Waals surface area contributed by atoms with Gasteiger partial charge >= 0.3 is 0 Å². The van der Waals surface area contributed by atoms with Gasteiger partial charge in [-0.2, -0.15) is 11.8 Å². The van der Waals surface area contributed by atoms with Crippen LogP contribution >= 0.6 is 11.8 Å². The van der Waals surface area contributed by atoms with Crippen LogP contribution in [0.2, 0.25) is 0 Å². The Hall–Kier alpha value is -1.25. The van der Waals surface area contributed by atoms with Gasteiger partial charge in [-0.25, -0.2) is 0 Å². The SMILES string of the molecule is CCSCC(NC)c1ccc2c(c1)Cc1ccccc1-2. The van der Waals surface area contributed by atoms with Gasteiger partial charge in [-0.05, 0) is 47.0 Å². The first-order valence-electron chi connectivity index (χ1n) is 7.29. The van der Waals surface area contributed by atoms with Gasteiger partial charge in [-0.15, -0.1) is 0 Å². The summed E-state index contributed by atoms with van der Waals surface area (Å²) in [6, 6.07) is 16.2. The Morgan fingerprint density at radius 3 is 2.70 bits per heavy atom. The molecule has 0 fully saturated rings. The highest BCUT2D eigenvalue weighted by Gasteiger charge is 2.19. The number of thioether (sulfide) groups is 1. The maximum atomic E-state index is 3.44.